The molecule has 0 aromatic carbocycles. The molecule has 1 fully saturated rings. The molecule has 1 aliphatic rings. The van der Waals surface area contributed by atoms with Crippen molar-refractivity contribution in [2.45, 2.75) is 62.6 Å². The average molecular weight is 304 g/mol. The maximum atomic E-state index is 10.6. The second-order valence-corrected chi connectivity index (χ2v) is 7.49. The first kappa shape index (κ1) is 18.7. The summed E-state index contributed by atoms with van der Waals surface area (Å²) in [6, 6.07) is 0.340. The fraction of sp³-hybridized carbons (Fsp3) is 0.857. The van der Waals surface area contributed by atoms with Crippen molar-refractivity contribution in [3.63, 3.8) is 0 Å². The van der Waals surface area contributed by atoms with Crippen LogP contribution in [0.2, 0.25) is 10.5 Å². The van der Waals surface area contributed by atoms with Crippen LogP contribution in [0.1, 0.15) is 40.0 Å². The van der Waals surface area contributed by atoms with Crippen molar-refractivity contribution in [1.82, 2.24) is 10.6 Å². The molecule has 0 aromatic heterocycles. The first-order valence-corrected chi connectivity index (χ1v) is 10.1. The number of hydrogen-bond acceptors (Lipinski definition) is 2. The van der Waals surface area contributed by atoms with Gasteiger partial charge in [-0.1, -0.05) is 20.8 Å². The minimum atomic E-state index is 0.160. The van der Waals surface area contributed by atoms with E-state index in [1.54, 1.807) is 0 Å². The Kier molecular flexibility index (Phi) is 9.37. The Labute approximate surface area is 126 Å². The zero-order chi connectivity index (χ0) is 14.9. The SMILES string of the molecule is CCC1C(NC=O)CC(C)(C)CC1NC=O.[CH3][Ti][CH3]. The molecule has 0 bridgehead atoms. The molecular formula is C14H28N2O2Ti. The van der Waals surface area contributed by atoms with Crippen molar-refractivity contribution in [2.75, 3.05) is 0 Å². The van der Waals surface area contributed by atoms with Crippen LogP contribution in [0.15, 0.2) is 0 Å². The molecule has 2 amide bonds. The summed E-state index contributed by atoms with van der Waals surface area (Å²) in [5.41, 5.74) is 0.160. The van der Waals surface area contributed by atoms with Gasteiger partial charge in [0, 0.05) is 12.1 Å². The van der Waals surface area contributed by atoms with E-state index in [0.717, 1.165) is 32.1 Å². The Hall–Kier alpha value is -0.346. The van der Waals surface area contributed by atoms with Crippen LogP contribution < -0.4 is 10.6 Å². The molecule has 2 N–H and O–H groups in total. The second-order valence-electron chi connectivity index (χ2n) is 5.93. The second kappa shape index (κ2) is 9.54. The molecule has 0 saturated heterocycles. The Bertz CT molecular complexity index is 250. The van der Waals surface area contributed by atoms with E-state index in [1.165, 1.54) is 0 Å². The van der Waals surface area contributed by atoms with E-state index < -0.39 is 0 Å². The van der Waals surface area contributed by atoms with Crippen LogP contribution in [0.3, 0.4) is 0 Å². The van der Waals surface area contributed by atoms with Crippen LogP contribution in [0.5, 0.6) is 0 Å². The average Bonchev–Trinajstić information content (AvgIpc) is 2.29. The summed E-state index contributed by atoms with van der Waals surface area (Å²) in [5, 5.41) is 10.3. The number of carbonyl (C=O) groups excluding carboxylic acids is 2. The zero-order valence-corrected chi connectivity index (χ0v) is 14.4. The van der Waals surface area contributed by atoms with E-state index >= 15 is 0 Å². The van der Waals surface area contributed by atoms with Gasteiger partial charge in [0.1, 0.15) is 0 Å². The summed E-state index contributed by atoms with van der Waals surface area (Å²) >= 11 is 0.500. The maximum absolute atomic E-state index is 10.6. The fourth-order valence-corrected chi connectivity index (χ4v) is 2.97. The van der Waals surface area contributed by atoms with Gasteiger partial charge in [-0.2, -0.15) is 0 Å². The third-order valence-corrected chi connectivity index (χ3v) is 3.61. The van der Waals surface area contributed by atoms with Gasteiger partial charge in [-0.25, -0.2) is 0 Å². The van der Waals surface area contributed by atoms with E-state index in [-0.39, 0.29) is 17.5 Å². The van der Waals surface area contributed by atoms with Gasteiger partial charge in [-0.05, 0) is 30.6 Å². The summed E-state index contributed by atoms with van der Waals surface area (Å²) in [6.07, 6.45) is 4.45. The number of nitrogens with one attached hydrogen (secondary N) is 2. The summed E-state index contributed by atoms with van der Waals surface area (Å²) in [7, 11) is 0. The minimum absolute atomic E-state index is 0.160. The summed E-state index contributed by atoms with van der Waals surface area (Å²) < 4.78 is 0. The molecular weight excluding hydrogens is 276 g/mol. The van der Waals surface area contributed by atoms with Gasteiger partial charge < -0.3 is 10.6 Å². The van der Waals surface area contributed by atoms with E-state index in [2.05, 4.69) is 41.9 Å². The number of rotatable bonds is 5. The van der Waals surface area contributed by atoms with Gasteiger partial charge in [0.25, 0.3) is 0 Å². The molecule has 2 atom stereocenters. The Morgan fingerprint density at radius 1 is 1.11 bits per heavy atom. The summed E-state index contributed by atoms with van der Waals surface area (Å²) in [4.78, 5) is 21.2. The standard InChI is InChI=1S/C12H22N2O2.2CH3.Ti/c1-4-9-10(13-7-15)5-12(2,3)6-11(9)14-8-16;;;/h7-11H,4-6H2,1-3H3,(H,13,15)(H,14,16);2*1H3;. The van der Waals surface area contributed by atoms with Gasteiger partial charge in [-0.15, -0.1) is 0 Å². The van der Waals surface area contributed by atoms with Gasteiger partial charge in [0.15, 0.2) is 0 Å². The molecule has 0 aliphatic heterocycles. The number of hydrogen-bond donors (Lipinski definition) is 2. The fourth-order valence-electron chi connectivity index (χ4n) is 2.97. The Morgan fingerprint density at radius 3 is 1.74 bits per heavy atom. The van der Waals surface area contributed by atoms with Crippen molar-refractivity contribution >= 4 is 12.8 Å². The monoisotopic (exact) mass is 304 g/mol. The molecule has 4 nitrogen and oxygen atoms in total. The van der Waals surface area contributed by atoms with E-state index in [1.807, 2.05) is 0 Å². The van der Waals surface area contributed by atoms with Gasteiger partial charge in [-0.3, -0.25) is 9.59 Å². The molecule has 110 valence electrons. The Balaban J connectivity index is 0.000000982. The molecule has 0 aromatic rings. The van der Waals surface area contributed by atoms with Crippen LogP contribution in [-0.4, -0.2) is 24.9 Å². The Morgan fingerprint density at radius 2 is 1.47 bits per heavy atom. The molecule has 1 rings (SSSR count). The zero-order valence-electron chi connectivity index (χ0n) is 12.8. The van der Waals surface area contributed by atoms with Crippen LogP contribution in [0, 0.1) is 11.3 Å². The normalized spacial score (nSPS) is 28.4. The molecule has 2 unspecified atom stereocenters. The van der Waals surface area contributed by atoms with E-state index in [4.69, 9.17) is 0 Å². The van der Waals surface area contributed by atoms with Crippen LogP contribution in [-0.2, 0) is 28.7 Å². The predicted octanol–water partition coefficient (Wildman–Crippen LogP) is 2.23. The topological polar surface area (TPSA) is 58.2 Å². The summed E-state index contributed by atoms with van der Waals surface area (Å²) in [6.45, 7) is 6.46. The first-order valence-electron chi connectivity index (χ1n) is 6.93. The molecule has 0 spiro atoms. The van der Waals surface area contributed by atoms with Crippen LogP contribution in [0.4, 0.5) is 0 Å². The molecule has 1 aliphatic carbocycles. The van der Waals surface area contributed by atoms with E-state index in [0.29, 0.717) is 25.1 Å². The van der Waals surface area contributed by atoms with Gasteiger partial charge in [0.2, 0.25) is 12.8 Å². The van der Waals surface area contributed by atoms with Crippen molar-refractivity contribution in [3.05, 3.63) is 0 Å². The summed E-state index contributed by atoms with van der Waals surface area (Å²) in [5.74, 6) is 0.337. The number of carbonyl (C=O) groups is 2. The third kappa shape index (κ3) is 6.57. The quantitative estimate of drug-likeness (QED) is 0.604. The molecule has 0 heterocycles. The van der Waals surface area contributed by atoms with Crippen molar-refractivity contribution < 1.29 is 28.7 Å². The van der Waals surface area contributed by atoms with Gasteiger partial charge >= 0.3 is 29.6 Å². The molecule has 5 heteroatoms. The van der Waals surface area contributed by atoms with Crippen molar-refractivity contribution in [2.24, 2.45) is 11.3 Å². The first-order chi connectivity index (χ1) is 8.95. The van der Waals surface area contributed by atoms with Gasteiger partial charge in [0.05, 0.1) is 0 Å². The molecule has 19 heavy (non-hydrogen) atoms. The van der Waals surface area contributed by atoms with Crippen molar-refractivity contribution in [3.8, 4) is 0 Å². The molecule has 0 radical (unpaired) electrons. The van der Waals surface area contributed by atoms with E-state index in [9.17, 15) is 9.59 Å². The molecule has 1 saturated carbocycles. The predicted molar refractivity (Wildman–Crippen MR) is 74.5 cm³/mol. The van der Waals surface area contributed by atoms with Crippen LogP contribution >= 0.6 is 0 Å². The van der Waals surface area contributed by atoms with Crippen LogP contribution in [0.25, 0.3) is 0 Å². The van der Waals surface area contributed by atoms with Crippen molar-refractivity contribution in [1.29, 1.82) is 0 Å². The third-order valence-electron chi connectivity index (χ3n) is 3.61. The number of amides is 2.